The van der Waals surface area contributed by atoms with E-state index in [1.165, 1.54) is 11.3 Å². The summed E-state index contributed by atoms with van der Waals surface area (Å²) in [4.78, 5) is 11.0. The number of thiocarbonyl (C=S) groups is 1. The number of nitrogens with zero attached hydrogens (tertiary/aromatic N) is 4. The standard InChI is InChI=1S/C20H21N5S/c1-2-24-13-5-7-17(24)19-18(16-6-3-4-10-22-16)23-20(26)25(19)14-15-8-11-21-12-9-15/h3-13,18-19H,2,14H2,1H3,(H,23,26)/t18-,19+/m1/s1. The summed E-state index contributed by atoms with van der Waals surface area (Å²) in [6.07, 6.45) is 7.60. The van der Waals surface area contributed by atoms with E-state index in [0.717, 1.165) is 23.9 Å². The van der Waals surface area contributed by atoms with Crippen LogP contribution in [0.15, 0.2) is 67.3 Å². The first-order valence-electron chi connectivity index (χ1n) is 8.80. The molecule has 132 valence electrons. The summed E-state index contributed by atoms with van der Waals surface area (Å²) in [5.41, 5.74) is 3.43. The molecule has 5 nitrogen and oxygen atoms in total. The third-order valence-electron chi connectivity index (χ3n) is 4.81. The lowest BCUT2D eigenvalue weighted by atomic mass is 10.0. The maximum absolute atomic E-state index is 5.71. The van der Waals surface area contributed by atoms with Crippen molar-refractivity contribution in [3.63, 3.8) is 0 Å². The van der Waals surface area contributed by atoms with E-state index < -0.39 is 0 Å². The van der Waals surface area contributed by atoms with E-state index in [-0.39, 0.29) is 12.1 Å². The molecule has 0 radical (unpaired) electrons. The zero-order chi connectivity index (χ0) is 17.9. The molecule has 26 heavy (non-hydrogen) atoms. The van der Waals surface area contributed by atoms with Crippen molar-refractivity contribution >= 4 is 17.3 Å². The van der Waals surface area contributed by atoms with E-state index >= 15 is 0 Å². The number of aryl methyl sites for hydroxylation is 1. The van der Waals surface area contributed by atoms with Crippen molar-refractivity contribution in [2.24, 2.45) is 0 Å². The van der Waals surface area contributed by atoms with Crippen molar-refractivity contribution in [2.45, 2.75) is 32.1 Å². The van der Waals surface area contributed by atoms with Crippen LogP contribution in [0.4, 0.5) is 0 Å². The van der Waals surface area contributed by atoms with Crippen LogP contribution in [0, 0.1) is 0 Å². The molecule has 4 rings (SSSR count). The minimum Gasteiger partial charge on any atom is -0.352 e. The van der Waals surface area contributed by atoms with Crippen LogP contribution in [0.1, 0.15) is 36.0 Å². The minimum atomic E-state index is 0.0192. The molecular formula is C20H21N5S. The van der Waals surface area contributed by atoms with E-state index in [4.69, 9.17) is 12.2 Å². The highest BCUT2D eigenvalue weighted by Crippen LogP contribution is 2.39. The van der Waals surface area contributed by atoms with Gasteiger partial charge in [-0.3, -0.25) is 9.97 Å². The van der Waals surface area contributed by atoms with Gasteiger partial charge >= 0.3 is 0 Å². The van der Waals surface area contributed by atoms with Crippen LogP contribution in [0.3, 0.4) is 0 Å². The number of aromatic nitrogens is 3. The van der Waals surface area contributed by atoms with Gasteiger partial charge in [0, 0.05) is 43.6 Å². The molecule has 0 amide bonds. The summed E-state index contributed by atoms with van der Waals surface area (Å²) in [5, 5.41) is 4.25. The lowest BCUT2D eigenvalue weighted by molar-refractivity contribution is 0.297. The second-order valence-electron chi connectivity index (χ2n) is 6.33. The molecule has 1 aliphatic heterocycles. The maximum atomic E-state index is 5.71. The number of hydrogen-bond donors (Lipinski definition) is 1. The fourth-order valence-electron chi connectivity index (χ4n) is 3.57. The van der Waals surface area contributed by atoms with Gasteiger partial charge in [-0.05, 0) is 61.1 Å². The Kier molecular flexibility index (Phi) is 4.67. The van der Waals surface area contributed by atoms with E-state index in [1.807, 2.05) is 42.9 Å². The molecule has 2 atom stereocenters. The van der Waals surface area contributed by atoms with Gasteiger partial charge < -0.3 is 14.8 Å². The molecule has 1 fully saturated rings. The summed E-state index contributed by atoms with van der Waals surface area (Å²) in [5.74, 6) is 0. The minimum absolute atomic E-state index is 0.0192. The first-order chi connectivity index (χ1) is 12.8. The van der Waals surface area contributed by atoms with Gasteiger partial charge in [0.1, 0.15) is 0 Å². The lowest BCUT2D eigenvalue weighted by Gasteiger charge is -2.28. The molecule has 0 saturated carbocycles. The Morgan fingerprint density at radius 2 is 1.92 bits per heavy atom. The van der Waals surface area contributed by atoms with Crippen LogP contribution < -0.4 is 5.32 Å². The zero-order valence-corrected chi connectivity index (χ0v) is 15.4. The Hall–Kier alpha value is -2.73. The van der Waals surface area contributed by atoms with Crippen LogP contribution in [0.5, 0.6) is 0 Å². The number of pyridine rings is 2. The lowest BCUT2D eigenvalue weighted by Crippen LogP contribution is -2.30. The largest absolute Gasteiger partial charge is 0.352 e. The Morgan fingerprint density at radius 3 is 2.65 bits per heavy atom. The number of nitrogens with one attached hydrogen (secondary N) is 1. The molecule has 0 unspecified atom stereocenters. The van der Waals surface area contributed by atoms with Gasteiger partial charge in [-0.15, -0.1) is 0 Å². The van der Waals surface area contributed by atoms with Crippen LogP contribution in [-0.4, -0.2) is 24.5 Å². The summed E-state index contributed by atoms with van der Waals surface area (Å²) >= 11 is 5.71. The second-order valence-corrected chi connectivity index (χ2v) is 6.72. The predicted molar refractivity (Wildman–Crippen MR) is 105 cm³/mol. The molecule has 3 aromatic rings. The number of rotatable bonds is 5. The Morgan fingerprint density at radius 1 is 1.08 bits per heavy atom. The van der Waals surface area contributed by atoms with Crippen LogP contribution in [0.25, 0.3) is 0 Å². The summed E-state index contributed by atoms with van der Waals surface area (Å²) in [6.45, 7) is 3.81. The second kappa shape index (κ2) is 7.25. The maximum Gasteiger partial charge on any atom is 0.170 e. The van der Waals surface area contributed by atoms with E-state index in [9.17, 15) is 0 Å². The highest BCUT2D eigenvalue weighted by molar-refractivity contribution is 7.80. The third-order valence-corrected chi connectivity index (χ3v) is 5.16. The Bertz CT molecular complexity index is 877. The zero-order valence-electron chi connectivity index (χ0n) is 14.6. The molecule has 6 heteroatoms. The van der Waals surface area contributed by atoms with Gasteiger partial charge in [0.25, 0.3) is 0 Å². The van der Waals surface area contributed by atoms with E-state index in [0.29, 0.717) is 0 Å². The van der Waals surface area contributed by atoms with E-state index in [2.05, 4.69) is 56.1 Å². The van der Waals surface area contributed by atoms with Crippen molar-refractivity contribution in [3.05, 3.63) is 84.2 Å². The van der Waals surface area contributed by atoms with Gasteiger partial charge in [0.15, 0.2) is 5.11 Å². The Balaban J connectivity index is 1.75. The number of hydrogen-bond acceptors (Lipinski definition) is 3. The Labute approximate surface area is 158 Å². The fraction of sp³-hybridized carbons (Fsp3) is 0.250. The average molecular weight is 363 g/mol. The third kappa shape index (κ3) is 3.08. The van der Waals surface area contributed by atoms with Crippen molar-refractivity contribution in [1.82, 2.24) is 24.8 Å². The smallest absolute Gasteiger partial charge is 0.170 e. The molecule has 3 aromatic heterocycles. The topological polar surface area (TPSA) is 46.0 Å². The normalized spacial score (nSPS) is 19.6. The van der Waals surface area contributed by atoms with Gasteiger partial charge in [0.2, 0.25) is 0 Å². The SMILES string of the molecule is CCn1cccc1[C@H]1[C@@H](c2ccccn2)NC(=S)N1Cc1ccncc1. The summed E-state index contributed by atoms with van der Waals surface area (Å²) in [6, 6.07) is 14.5. The summed E-state index contributed by atoms with van der Waals surface area (Å²) < 4.78 is 2.27. The van der Waals surface area contributed by atoms with Crippen molar-refractivity contribution < 1.29 is 0 Å². The highest BCUT2D eigenvalue weighted by Gasteiger charge is 2.40. The summed E-state index contributed by atoms with van der Waals surface area (Å²) in [7, 11) is 0. The molecular weight excluding hydrogens is 342 g/mol. The fourth-order valence-corrected chi connectivity index (χ4v) is 3.87. The van der Waals surface area contributed by atoms with Gasteiger partial charge in [-0.25, -0.2) is 0 Å². The van der Waals surface area contributed by atoms with Crippen molar-refractivity contribution in [2.75, 3.05) is 0 Å². The van der Waals surface area contributed by atoms with Gasteiger partial charge in [-0.2, -0.15) is 0 Å². The first kappa shape index (κ1) is 16.7. The van der Waals surface area contributed by atoms with Crippen molar-refractivity contribution in [1.29, 1.82) is 0 Å². The molecule has 0 spiro atoms. The van der Waals surface area contributed by atoms with Gasteiger partial charge in [-0.1, -0.05) is 6.07 Å². The molecule has 0 aromatic carbocycles. The van der Waals surface area contributed by atoms with Crippen LogP contribution in [-0.2, 0) is 13.1 Å². The molecule has 0 bridgehead atoms. The monoisotopic (exact) mass is 363 g/mol. The van der Waals surface area contributed by atoms with Gasteiger partial charge in [0.05, 0.1) is 17.8 Å². The predicted octanol–water partition coefficient (Wildman–Crippen LogP) is 3.47. The van der Waals surface area contributed by atoms with Crippen molar-refractivity contribution in [3.8, 4) is 0 Å². The molecule has 0 aliphatic carbocycles. The molecule has 4 heterocycles. The quantitative estimate of drug-likeness (QED) is 0.703. The first-order valence-corrected chi connectivity index (χ1v) is 9.20. The highest BCUT2D eigenvalue weighted by atomic mass is 32.1. The van der Waals surface area contributed by atoms with Crippen LogP contribution in [0.2, 0.25) is 0 Å². The molecule has 1 saturated heterocycles. The molecule has 1 aliphatic rings. The average Bonchev–Trinajstić information content (AvgIpc) is 3.28. The van der Waals surface area contributed by atoms with Crippen LogP contribution >= 0.6 is 12.2 Å². The molecule has 1 N–H and O–H groups in total. The van der Waals surface area contributed by atoms with E-state index in [1.54, 1.807) is 0 Å².